The van der Waals surface area contributed by atoms with E-state index in [1.54, 1.807) is 6.07 Å². The second kappa shape index (κ2) is 10.4. The first-order valence-electron chi connectivity index (χ1n) is 7.71. The molecule has 3 atom stereocenters. The van der Waals surface area contributed by atoms with Gasteiger partial charge < -0.3 is 16.4 Å². The average Bonchev–Trinajstić information content (AvgIpc) is 2.55. The summed E-state index contributed by atoms with van der Waals surface area (Å²) in [4.78, 5) is 12.5. The van der Waals surface area contributed by atoms with Gasteiger partial charge in [0.1, 0.15) is 0 Å². The zero-order chi connectivity index (χ0) is 17.4. The van der Waals surface area contributed by atoms with Gasteiger partial charge in [-0.05, 0) is 17.5 Å². The Kier molecular flexibility index (Phi) is 9.32. The van der Waals surface area contributed by atoms with Gasteiger partial charge in [-0.25, -0.2) is 0 Å². The maximum absolute atomic E-state index is 12.5. The molecule has 0 spiro atoms. The van der Waals surface area contributed by atoms with E-state index in [1.165, 1.54) is 0 Å². The molecule has 1 aromatic rings. The van der Waals surface area contributed by atoms with Crippen molar-refractivity contribution < 1.29 is 4.79 Å². The first-order chi connectivity index (χ1) is 10.9. The van der Waals surface area contributed by atoms with Crippen LogP contribution in [0.2, 0.25) is 10.0 Å². The number of hydrogen-bond acceptors (Lipinski definition) is 4. The number of hydrogen-bond donors (Lipinski definition) is 4. The summed E-state index contributed by atoms with van der Waals surface area (Å²) in [6, 6.07) is 4.99. The van der Waals surface area contributed by atoms with Gasteiger partial charge in [-0.1, -0.05) is 55.6 Å². The van der Waals surface area contributed by atoms with Crippen LogP contribution in [0.25, 0.3) is 0 Å². The molecule has 0 aliphatic heterocycles. The van der Waals surface area contributed by atoms with Crippen LogP contribution in [0, 0.1) is 5.92 Å². The fourth-order valence-electron chi connectivity index (χ4n) is 2.11. The Hall–Kier alpha value is -0.460. The van der Waals surface area contributed by atoms with E-state index < -0.39 is 0 Å². The van der Waals surface area contributed by atoms with Gasteiger partial charge in [0.25, 0.3) is 0 Å². The molecule has 0 radical (unpaired) electrons. The van der Waals surface area contributed by atoms with E-state index >= 15 is 0 Å². The van der Waals surface area contributed by atoms with E-state index in [-0.39, 0.29) is 23.9 Å². The molecule has 1 amide bonds. The van der Waals surface area contributed by atoms with Crippen LogP contribution < -0.4 is 16.4 Å². The Labute approximate surface area is 153 Å². The highest BCUT2D eigenvalue weighted by atomic mass is 35.5. The number of thiol groups is 1. The van der Waals surface area contributed by atoms with Gasteiger partial charge in [0, 0.05) is 24.9 Å². The summed E-state index contributed by atoms with van der Waals surface area (Å²) in [6.07, 6.45) is 0.888. The lowest BCUT2D eigenvalue weighted by atomic mass is 9.98. The minimum atomic E-state index is -0.302. The van der Waals surface area contributed by atoms with Gasteiger partial charge in [-0.3, -0.25) is 4.79 Å². The van der Waals surface area contributed by atoms with Crippen molar-refractivity contribution in [2.24, 2.45) is 11.7 Å². The lowest BCUT2D eigenvalue weighted by Crippen LogP contribution is -2.51. The number of rotatable bonds is 9. The lowest BCUT2D eigenvalue weighted by Gasteiger charge is -2.25. The van der Waals surface area contributed by atoms with Crippen LogP contribution >= 0.6 is 35.8 Å². The largest absolute Gasteiger partial charge is 0.351 e. The molecule has 1 rings (SSSR count). The molecule has 0 fully saturated rings. The standard InChI is InChI=1S/C16H25Cl2N3OS/c1-3-10(2)15(20-8-12(19)9-23)16(22)21-7-11-5-4-6-13(17)14(11)18/h4-6,10,12,15,20,23H,3,7-9,19H2,1-2H3,(H,21,22)/t10-,12+,15-/m0/s1. The zero-order valence-electron chi connectivity index (χ0n) is 13.5. The van der Waals surface area contributed by atoms with Crippen molar-refractivity contribution in [3.63, 3.8) is 0 Å². The van der Waals surface area contributed by atoms with Crippen LogP contribution in [-0.4, -0.2) is 30.3 Å². The van der Waals surface area contributed by atoms with Crippen molar-refractivity contribution in [3.05, 3.63) is 33.8 Å². The molecule has 0 saturated carbocycles. The first-order valence-corrected chi connectivity index (χ1v) is 9.09. The Morgan fingerprint density at radius 1 is 1.39 bits per heavy atom. The number of carbonyl (C=O) groups excluding carboxylic acids is 1. The third-order valence-corrected chi connectivity index (χ3v) is 5.14. The molecular weight excluding hydrogens is 353 g/mol. The fraction of sp³-hybridized carbons (Fsp3) is 0.562. The van der Waals surface area contributed by atoms with Crippen molar-refractivity contribution in [3.8, 4) is 0 Å². The zero-order valence-corrected chi connectivity index (χ0v) is 15.9. The minimum absolute atomic E-state index is 0.0678. The molecule has 0 aliphatic carbocycles. The summed E-state index contributed by atoms with van der Waals surface area (Å²) >= 11 is 16.3. The third kappa shape index (κ3) is 6.51. The highest BCUT2D eigenvalue weighted by molar-refractivity contribution is 7.80. The van der Waals surface area contributed by atoms with E-state index in [1.807, 2.05) is 19.1 Å². The summed E-state index contributed by atoms with van der Waals surface area (Å²) in [5.41, 5.74) is 6.66. The Morgan fingerprint density at radius 3 is 2.70 bits per heavy atom. The number of carbonyl (C=O) groups is 1. The first kappa shape index (κ1) is 20.6. The third-order valence-electron chi connectivity index (χ3n) is 3.81. The second-order valence-corrected chi connectivity index (χ2v) is 6.80. The van der Waals surface area contributed by atoms with Gasteiger partial charge in [0.05, 0.1) is 16.1 Å². The molecule has 0 aromatic heterocycles. The number of amides is 1. The van der Waals surface area contributed by atoms with Gasteiger partial charge in [0.2, 0.25) is 5.91 Å². The second-order valence-electron chi connectivity index (χ2n) is 5.64. The minimum Gasteiger partial charge on any atom is -0.351 e. The SMILES string of the molecule is CC[C@H](C)[C@H](NC[C@@H](N)CS)C(=O)NCc1cccc(Cl)c1Cl. The van der Waals surface area contributed by atoms with Gasteiger partial charge in [-0.2, -0.15) is 12.6 Å². The van der Waals surface area contributed by atoms with Crippen molar-refractivity contribution in [2.45, 2.75) is 38.9 Å². The predicted molar refractivity (Wildman–Crippen MR) is 101 cm³/mol. The normalized spacial score (nSPS) is 15.0. The molecule has 0 saturated heterocycles. The lowest BCUT2D eigenvalue weighted by molar-refractivity contribution is -0.124. The maximum Gasteiger partial charge on any atom is 0.237 e. The highest BCUT2D eigenvalue weighted by Crippen LogP contribution is 2.25. The molecule has 1 aromatic carbocycles. The molecular formula is C16H25Cl2N3OS. The van der Waals surface area contributed by atoms with Gasteiger partial charge >= 0.3 is 0 Å². The molecule has 0 bridgehead atoms. The van der Waals surface area contributed by atoms with Crippen molar-refractivity contribution in [1.82, 2.24) is 10.6 Å². The van der Waals surface area contributed by atoms with Crippen LogP contribution in [0.5, 0.6) is 0 Å². The van der Waals surface area contributed by atoms with E-state index in [0.717, 1.165) is 12.0 Å². The molecule has 0 heterocycles. The number of nitrogens with two attached hydrogens (primary N) is 1. The van der Waals surface area contributed by atoms with Crippen LogP contribution in [0.4, 0.5) is 0 Å². The van der Waals surface area contributed by atoms with Crippen LogP contribution in [0.15, 0.2) is 18.2 Å². The van der Waals surface area contributed by atoms with Crippen molar-refractivity contribution in [1.29, 1.82) is 0 Å². The van der Waals surface area contributed by atoms with Crippen LogP contribution in [-0.2, 0) is 11.3 Å². The molecule has 130 valence electrons. The fourth-order valence-corrected chi connectivity index (χ4v) is 2.62. The smallest absolute Gasteiger partial charge is 0.237 e. The summed E-state index contributed by atoms with van der Waals surface area (Å²) in [5, 5.41) is 7.11. The molecule has 0 unspecified atom stereocenters. The molecule has 4 nitrogen and oxygen atoms in total. The van der Waals surface area contributed by atoms with E-state index in [2.05, 4.69) is 30.2 Å². The summed E-state index contributed by atoms with van der Waals surface area (Å²) in [7, 11) is 0. The van der Waals surface area contributed by atoms with Crippen LogP contribution in [0.3, 0.4) is 0 Å². The Bertz CT molecular complexity index is 516. The number of halogens is 2. The molecule has 23 heavy (non-hydrogen) atoms. The van der Waals surface area contributed by atoms with Gasteiger partial charge in [0.15, 0.2) is 0 Å². The average molecular weight is 378 g/mol. The Balaban J connectivity index is 2.67. The summed E-state index contributed by atoms with van der Waals surface area (Å²) < 4.78 is 0. The number of nitrogens with one attached hydrogen (secondary N) is 2. The van der Waals surface area contributed by atoms with E-state index in [0.29, 0.717) is 28.9 Å². The van der Waals surface area contributed by atoms with Crippen molar-refractivity contribution >= 4 is 41.7 Å². The summed E-state index contributed by atoms with van der Waals surface area (Å²) in [6.45, 7) is 4.98. The maximum atomic E-state index is 12.5. The molecule has 7 heteroatoms. The van der Waals surface area contributed by atoms with Crippen molar-refractivity contribution in [2.75, 3.05) is 12.3 Å². The topological polar surface area (TPSA) is 67.1 Å². The van der Waals surface area contributed by atoms with Gasteiger partial charge in [-0.15, -0.1) is 0 Å². The summed E-state index contributed by atoms with van der Waals surface area (Å²) in [5.74, 6) is 0.693. The van der Waals surface area contributed by atoms with E-state index in [9.17, 15) is 4.79 Å². The number of benzene rings is 1. The van der Waals surface area contributed by atoms with Crippen LogP contribution in [0.1, 0.15) is 25.8 Å². The quantitative estimate of drug-likeness (QED) is 0.500. The highest BCUT2D eigenvalue weighted by Gasteiger charge is 2.24. The van der Waals surface area contributed by atoms with E-state index in [4.69, 9.17) is 28.9 Å². The predicted octanol–water partition coefficient (Wildman–Crippen LogP) is 2.87. The molecule has 0 aliphatic rings. The Morgan fingerprint density at radius 2 is 2.09 bits per heavy atom. The monoisotopic (exact) mass is 377 g/mol. The molecule has 4 N–H and O–H groups in total.